The van der Waals surface area contributed by atoms with Gasteiger partial charge in [0.15, 0.2) is 0 Å². The van der Waals surface area contributed by atoms with Crippen molar-refractivity contribution in [2.45, 2.75) is 6.92 Å². The SMILES string of the molecule is COC(=O)c1ccc(C)c(-c2ccn[nH]2)c1. The standard InChI is InChI=1S/C12H12N2O2/c1-8-3-4-9(12(15)16-2)7-10(8)11-5-6-13-14-11/h3-7H,1-2H3,(H,13,14). The molecule has 1 heterocycles. The van der Waals surface area contributed by atoms with Gasteiger partial charge in [-0.25, -0.2) is 4.79 Å². The topological polar surface area (TPSA) is 55.0 Å². The highest BCUT2D eigenvalue weighted by Gasteiger charge is 2.09. The first-order chi connectivity index (χ1) is 7.72. The number of aromatic amines is 1. The number of ether oxygens (including phenoxy) is 1. The van der Waals surface area contributed by atoms with E-state index in [1.807, 2.05) is 19.1 Å². The molecule has 0 saturated heterocycles. The number of carbonyl (C=O) groups excluding carboxylic acids is 1. The summed E-state index contributed by atoms with van der Waals surface area (Å²) in [5.41, 5.74) is 3.47. The molecule has 1 aromatic heterocycles. The van der Waals surface area contributed by atoms with Crippen LogP contribution in [-0.2, 0) is 4.74 Å². The molecule has 0 radical (unpaired) electrons. The van der Waals surface area contributed by atoms with Crippen molar-refractivity contribution in [1.82, 2.24) is 10.2 Å². The van der Waals surface area contributed by atoms with E-state index in [0.717, 1.165) is 16.8 Å². The number of nitrogens with zero attached hydrogens (tertiary/aromatic N) is 1. The molecule has 4 heteroatoms. The van der Waals surface area contributed by atoms with Crippen LogP contribution in [0.15, 0.2) is 30.5 Å². The van der Waals surface area contributed by atoms with Gasteiger partial charge in [-0.05, 0) is 30.7 Å². The smallest absolute Gasteiger partial charge is 0.337 e. The Morgan fingerprint density at radius 3 is 2.81 bits per heavy atom. The molecule has 16 heavy (non-hydrogen) atoms. The molecule has 0 aliphatic rings. The molecule has 0 aliphatic heterocycles. The highest BCUT2D eigenvalue weighted by atomic mass is 16.5. The zero-order chi connectivity index (χ0) is 11.5. The predicted molar refractivity (Wildman–Crippen MR) is 60.1 cm³/mol. The lowest BCUT2D eigenvalue weighted by Gasteiger charge is -2.05. The maximum atomic E-state index is 11.4. The number of hydrogen-bond acceptors (Lipinski definition) is 3. The molecule has 0 fully saturated rings. The Balaban J connectivity index is 2.49. The highest BCUT2D eigenvalue weighted by Crippen LogP contribution is 2.22. The van der Waals surface area contributed by atoms with Crippen molar-refractivity contribution >= 4 is 5.97 Å². The van der Waals surface area contributed by atoms with Gasteiger partial charge in [0, 0.05) is 11.8 Å². The second-order valence-electron chi connectivity index (χ2n) is 3.49. The van der Waals surface area contributed by atoms with Crippen molar-refractivity contribution < 1.29 is 9.53 Å². The molecule has 2 rings (SSSR count). The number of esters is 1. The fraction of sp³-hybridized carbons (Fsp3) is 0.167. The lowest BCUT2D eigenvalue weighted by molar-refractivity contribution is 0.0601. The summed E-state index contributed by atoms with van der Waals surface area (Å²) in [6, 6.07) is 7.31. The Morgan fingerprint density at radius 1 is 1.38 bits per heavy atom. The summed E-state index contributed by atoms with van der Waals surface area (Å²) in [6.45, 7) is 1.98. The predicted octanol–water partition coefficient (Wildman–Crippen LogP) is 2.17. The first kappa shape index (κ1) is 10.4. The number of aryl methyl sites for hydroxylation is 1. The van der Waals surface area contributed by atoms with Crippen molar-refractivity contribution in [3.05, 3.63) is 41.6 Å². The maximum absolute atomic E-state index is 11.4. The van der Waals surface area contributed by atoms with Gasteiger partial charge in [0.05, 0.1) is 18.4 Å². The molecule has 0 unspecified atom stereocenters. The lowest BCUT2D eigenvalue weighted by Crippen LogP contribution is -2.01. The fourth-order valence-corrected chi connectivity index (χ4v) is 1.56. The van der Waals surface area contributed by atoms with Crippen LogP contribution in [0.25, 0.3) is 11.3 Å². The zero-order valence-electron chi connectivity index (χ0n) is 9.15. The van der Waals surface area contributed by atoms with Crippen molar-refractivity contribution in [2.24, 2.45) is 0 Å². The number of aromatic nitrogens is 2. The number of H-pyrrole nitrogens is 1. The number of methoxy groups -OCH3 is 1. The van der Waals surface area contributed by atoms with Crippen molar-refractivity contribution in [3.8, 4) is 11.3 Å². The lowest BCUT2D eigenvalue weighted by atomic mass is 10.0. The van der Waals surface area contributed by atoms with Crippen LogP contribution in [0.5, 0.6) is 0 Å². The molecule has 1 N–H and O–H groups in total. The van der Waals surface area contributed by atoms with E-state index in [0.29, 0.717) is 5.56 Å². The number of rotatable bonds is 2. The average molecular weight is 216 g/mol. The van der Waals surface area contributed by atoms with E-state index in [1.54, 1.807) is 18.3 Å². The normalized spacial score (nSPS) is 10.1. The third-order valence-corrected chi connectivity index (χ3v) is 2.45. The van der Waals surface area contributed by atoms with Crippen LogP contribution in [0.3, 0.4) is 0 Å². The zero-order valence-corrected chi connectivity index (χ0v) is 9.15. The second-order valence-corrected chi connectivity index (χ2v) is 3.49. The molecule has 4 nitrogen and oxygen atoms in total. The van der Waals surface area contributed by atoms with Crippen LogP contribution in [0.2, 0.25) is 0 Å². The Labute approximate surface area is 93.3 Å². The molecule has 0 saturated carbocycles. The summed E-state index contributed by atoms with van der Waals surface area (Å²) in [5, 5.41) is 6.77. The van der Waals surface area contributed by atoms with Gasteiger partial charge in [0.25, 0.3) is 0 Å². The molecule has 0 spiro atoms. The van der Waals surface area contributed by atoms with Gasteiger partial charge in [-0.15, -0.1) is 0 Å². The van der Waals surface area contributed by atoms with Gasteiger partial charge in [-0.1, -0.05) is 6.07 Å². The van der Waals surface area contributed by atoms with E-state index in [4.69, 9.17) is 0 Å². The molecular weight excluding hydrogens is 204 g/mol. The molecule has 82 valence electrons. The number of benzene rings is 1. The molecular formula is C12H12N2O2. The summed E-state index contributed by atoms with van der Waals surface area (Å²) in [5.74, 6) is -0.333. The fourth-order valence-electron chi connectivity index (χ4n) is 1.56. The van der Waals surface area contributed by atoms with Gasteiger partial charge < -0.3 is 4.74 Å². The van der Waals surface area contributed by atoms with Crippen molar-refractivity contribution in [3.63, 3.8) is 0 Å². The summed E-state index contributed by atoms with van der Waals surface area (Å²) in [4.78, 5) is 11.4. The van der Waals surface area contributed by atoms with E-state index in [1.165, 1.54) is 7.11 Å². The van der Waals surface area contributed by atoms with Gasteiger partial charge in [0.2, 0.25) is 0 Å². The summed E-state index contributed by atoms with van der Waals surface area (Å²) in [7, 11) is 1.37. The highest BCUT2D eigenvalue weighted by molar-refractivity contribution is 5.91. The van der Waals surface area contributed by atoms with Crippen LogP contribution in [0, 0.1) is 6.92 Å². The Bertz CT molecular complexity index is 504. The minimum atomic E-state index is -0.333. The van der Waals surface area contributed by atoms with Gasteiger partial charge >= 0.3 is 5.97 Å². The third-order valence-electron chi connectivity index (χ3n) is 2.45. The van der Waals surface area contributed by atoms with Crippen LogP contribution < -0.4 is 0 Å². The van der Waals surface area contributed by atoms with Crippen LogP contribution >= 0.6 is 0 Å². The van der Waals surface area contributed by atoms with E-state index in [9.17, 15) is 4.79 Å². The van der Waals surface area contributed by atoms with Crippen molar-refractivity contribution in [2.75, 3.05) is 7.11 Å². The molecule has 0 bridgehead atoms. The summed E-state index contributed by atoms with van der Waals surface area (Å²) >= 11 is 0. The van der Waals surface area contributed by atoms with E-state index in [2.05, 4.69) is 14.9 Å². The van der Waals surface area contributed by atoms with Crippen LogP contribution in [0.4, 0.5) is 0 Å². The molecule has 0 aliphatic carbocycles. The van der Waals surface area contributed by atoms with Crippen LogP contribution in [0.1, 0.15) is 15.9 Å². The van der Waals surface area contributed by atoms with Gasteiger partial charge in [0.1, 0.15) is 0 Å². The Hall–Kier alpha value is -2.10. The Kier molecular flexibility index (Phi) is 2.72. The van der Waals surface area contributed by atoms with Gasteiger partial charge in [-0.3, -0.25) is 5.10 Å². The first-order valence-corrected chi connectivity index (χ1v) is 4.91. The number of carbonyl (C=O) groups is 1. The molecule has 1 aromatic carbocycles. The largest absolute Gasteiger partial charge is 0.465 e. The van der Waals surface area contributed by atoms with E-state index >= 15 is 0 Å². The second kappa shape index (κ2) is 4.18. The number of hydrogen-bond donors (Lipinski definition) is 1. The van der Waals surface area contributed by atoms with Crippen molar-refractivity contribution in [1.29, 1.82) is 0 Å². The average Bonchev–Trinajstić information content (AvgIpc) is 2.82. The van der Waals surface area contributed by atoms with Gasteiger partial charge in [-0.2, -0.15) is 5.10 Å². The molecule has 0 amide bonds. The third kappa shape index (κ3) is 1.82. The minimum Gasteiger partial charge on any atom is -0.465 e. The van der Waals surface area contributed by atoms with E-state index in [-0.39, 0.29) is 5.97 Å². The van der Waals surface area contributed by atoms with Crippen LogP contribution in [-0.4, -0.2) is 23.3 Å². The minimum absolute atomic E-state index is 0.333. The van der Waals surface area contributed by atoms with E-state index < -0.39 is 0 Å². The molecule has 2 aromatic rings. The summed E-state index contributed by atoms with van der Waals surface area (Å²) < 4.78 is 4.68. The monoisotopic (exact) mass is 216 g/mol. The molecule has 0 atom stereocenters. The number of nitrogens with one attached hydrogen (secondary N) is 1. The first-order valence-electron chi connectivity index (χ1n) is 4.91. The summed E-state index contributed by atoms with van der Waals surface area (Å²) in [6.07, 6.45) is 1.68. The Morgan fingerprint density at radius 2 is 2.19 bits per heavy atom. The quantitative estimate of drug-likeness (QED) is 0.783. The maximum Gasteiger partial charge on any atom is 0.337 e.